The molecule has 1 aliphatic rings. The summed E-state index contributed by atoms with van der Waals surface area (Å²) < 4.78 is 27.0. The minimum atomic E-state index is -3.47. The van der Waals surface area contributed by atoms with Crippen molar-refractivity contribution >= 4 is 88.8 Å². The van der Waals surface area contributed by atoms with Crippen LogP contribution in [0.2, 0.25) is 10.0 Å². The number of hydrogen-bond donors (Lipinski definition) is 1. The topological polar surface area (TPSA) is 127 Å². The molecule has 3 heterocycles. The molecule has 1 aliphatic heterocycles. The molecule has 2 aromatic heterocycles. The number of carbonyl (C=O) groups excluding carboxylic acids is 2. The van der Waals surface area contributed by atoms with Gasteiger partial charge >= 0.3 is 5.97 Å². The maximum absolute atomic E-state index is 12.3. The molecule has 0 radical (unpaired) electrons. The second-order valence-corrected chi connectivity index (χ2v) is 12.3. The molecule has 0 unspecified atom stereocenters. The monoisotopic (exact) mass is 639 g/mol. The molecule has 1 fully saturated rings. The second-order valence-electron chi connectivity index (χ2n) is 8.62. The molecule has 4 aromatic rings. The first-order valence-corrected chi connectivity index (χ1v) is 14.6. The van der Waals surface area contributed by atoms with Crippen LogP contribution in [-0.4, -0.2) is 51.0 Å². The lowest BCUT2D eigenvalue weighted by Gasteiger charge is -2.11. The molecular weight excluding hydrogens is 621 g/mol. The third-order valence-corrected chi connectivity index (χ3v) is 7.85. The number of nitrogens with zero attached hydrogens (tertiary/aromatic N) is 3. The Bertz CT molecular complexity index is 1710. The van der Waals surface area contributed by atoms with Crippen LogP contribution in [0.25, 0.3) is 32.9 Å². The lowest BCUT2D eigenvalue weighted by atomic mass is 9.98. The van der Waals surface area contributed by atoms with Gasteiger partial charge in [0.25, 0.3) is 0 Å². The molecule has 1 N–H and O–H groups in total. The normalized spacial score (nSPS) is 13.7. The van der Waals surface area contributed by atoms with Crippen LogP contribution >= 0.6 is 39.3 Å². The quantitative estimate of drug-likeness (QED) is 0.234. The summed E-state index contributed by atoms with van der Waals surface area (Å²) in [4.78, 5) is 36.8. The minimum absolute atomic E-state index is 0.144. The number of aromatic nitrogens is 2. The molecule has 0 spiro atoms. The average Bonchev–Trinajstić information content (AvgIpc) is 3.27. The van der Waals surface area contributed by atoms with E-state index in [9.17, 15) is 27.9 Å². The summed E-state index contributed by atoms with van der Waals surface area (Å²) in [5.74, 6) is -1.68. The van der Waals surface area contributed by atoms with Crippen molar-refractivity contribution < 1.29 is 27.9 Å². The predicted octanol–water partition coefficient (Wildman–Crippen LogP) is 5.24. The summed E-state index contributed by atoms with van der Waals surface area (Å²) in [6, 6.07) is 12.1. The molecule has 198 valence electrons. The highest BCUT2D eigenvalue weighted by atomic mass is 79.9. The van der Waals surface area contributed by atoms with Crippen LogP contribution in [0.4, 0.5) is 0 Å². The Morgan fingerprint density at radius 3 is 2.24 bits per heavy atom. The molecule has 0 atom stereocenters. The molecule has 0 aliphatic carbocycles. The highest BCUT2D eigenvalue weighted by molar-refractivity contribution is 9.08. The highest BCUT2D eigenvalue weighted by Crippen LogP contribution is 2.40. The van der Waals surface area contributed by atoms with Crippen molar-refractivity contribution in [1.82, 2.24) is 13.5 Å². The van der Waals surface area contributed by atoms with E-state index >= 15 is 0 Å². The summed E-state index contributed by atoms with van der Waals surface area (Å²) in [7, 11) is -3.47. The molecule has 0 bridgehead atoms. The fraction of sp³-hybridized carbons (Fsp3) is 0.200. The smallest absolute Gasteiger partial charge is 0.323 e. The molecule has 2 aromatic carbocycles. The van der Waals surface area contributed by atoms with Crippen LogP contribution < -0.4 is 0 Å². The lowest BCUT2D eigenvalue weighted by Crippen LogP contribution is -2.16. The summed E-state index contributed by atoms with van der Waals surface area (Å²) in [6.45, 7) is -0.377. The Balaban J connectivity index is 0.000000360. The van der Waals surface area contributed by atoms with E-state index in [0.29, 0.717) is 50.6 Å². The molecule has 0 saturated carbocycles. The van der Waals surface area contributed by atoms with Gasteiger partial charge in [-0.25, -0.2) is 12.3 Å². The van der Waals surface area contributed by atoms with E-state index in [0.717, 1.165) is 21.1 Å². The largest absolute Gasteiger partial charge is 0.480 e. The van der Waals surface area contributed by atoms with Crippen LogP contribution in [0, 0.1) is 0 Å². The number of fused-ring (bicyclic) bond motifs is 2. The highest BCUT2D eigenvalue weighted by Gasteiger charge is 2.26. The number of aliphatic carboxylic acids is 1. The molecule has 5 rings (SSSR count). The Morgan fingerprint density at radius 2 is 1.66 bits per heavy atom. The Morgan fingerprint density at radius 1 is 1.03 bits per heavy atom. The van der Waals surface area contributed by atoms with Crippen LogP contribution in [0.3, 0.4) is 0 Å². The predicted molar refractivity (Wildman–Crippen MR) is 149 cm³/mol. The van der Waals surface area contributed by atoms with Crippen molar-refractivity contribution in [2.24, 2.45) is 0 Å². The van der Waals surface area contributed by atoms with E-state index in [1.807, 2.05) is 6.07 Å². The number of benzene rings is 2. The molecule has 1 saturated heterocycles. The van der Waals surface area contributed by atoms with Crippen molar-refractivity contribution in [2.45, 2.75) is 25.1 Å². The zero-order chi connectivity index (χ0) is 27.8. The first-order chi connectivity index (χ1) is 17.9. The Kier molecular flexibility index (Phi) is 8.12. The number of halogens is 3. The fourth-order valence-electron chi connectivity index (χ4n) is 4.28. The molecule has 13 heteroatoms. The van der Waals surface area contributed by atoms with Crippen molar-refractivity contribution in [1.29, 1.82) is 0 Å². The molecule has 38 heavy (non-hydrogen) atoms. The number of carboxylic acids is 1. The average molecular weight is 641 g/mol. The SMILES string of the molecule is CS(=O)(=O)Cc1c(-c2ccnc3cc(Cl)ccc23)c2cc(Cl)ccc2n1CC(=O)O.O=C1CCC(=O)N1Br. The van der Waals surface area contributed by atoms with Gasteiger partial charge in [-0.1, -0.05) is 29.3 Å². The van der Waals surface area contributed by atoms with Gasteiger partial charge < -0.3 is 9.67 Å². The third-order valence-electron chi connectivity index (χ3n) is 5.79. The van der Waals surface area contributed by atoms with Gasteiger partial charge in [0.05, 0.1) is 27.4 Å². The van der Waals surface area contributed by atoms with Gasteiger partial charge in [-0.05, 0) is 42.0 Å². The standard InChI is InChI=1S/C21H16Cl2N2O4S.C4H4BrNO2/c1-30(28,29)11-19-21(15-6-7-24-17-9-13(23)2-4-14(15)17)16-8-12(22)3-5-18(16)25(19)10-20(26)27;5-6-3(7)1-2-4(6)8/h2-9H,10-11H2,1H3,(H,26,27);1-2H2. The van der Waals surface area contributed by atoms with Crippen LogP contribution in [0.15, 0.2) is 48.7 Å². The number of amides is 2. The van der Waals surface area contributed by atoms with E-state index in [1.165, 1.54) is 4.57 Å². The summed E-state index contributed by atoms with van der Waals surface area (Å²) in [5.41, 5.74) is 2.97. The van der Waals surface area contributed by atoms with Gasteiger partial charge in [0.15, 0.2) is 9.84 Å². The van der Waals surface area contributed by atoms with Crippen LogP contribution in [0.1, 0.15) is 18.5 Å². The van der Waals surface area contributed by atoms with E-state index in [-0.39, 0.29) is 24.1 Å². The van der Waals surface area contributed by atoms with Gasteiger partial charge in [0.1, 0.15) is 6.54 Å². The van der Waals surface area contributed by atoms with E-state index in [2.05, 4.69) is 21.1 Å². The maximum atomic E-state index is 12.3. The van der Waals surface area contributed by atoms with Crippen molar-refractivity contribution in [2.75, 3.05) is 6.26 Å². The number of carbonyl (C=O) groups is 3. The first-order valence-electron chi connectivity index (χ1n) is 11.1. The zero-order valence-corrected chi connectivity index (χ0v) is 23.7. The number of sulfone groups is 1. The third kappa shape index (κ3) is 6.01. The number of pyridine rings is 1. The van der Waals surface area contributed by atoms with Crippen LogP contribution in [0.5, 0.6) is 0 Å². The molecule has 2 amide bonds. The lowest BCUT2D eigenvalue weighted by molar-refractivity contribution is -0.137. The number of hydrogen-bond acceptors (Lipinski definition) is 6. The van der Waals surface area contributed by atoms with Crippen molar-refractivity contribution in [3.05, 3.63) is 64.4 Å². The van der Waals surface area contributed by atoms with Gasteiger partial charge in [-0.2, -0.15) is 0 Å². The summed E-state index contributed by atoms with van der Waals surface area (Å²) >= 11 is 15.2. The van der Waals surface area contributed by atoms with E-state index < -0.39 is 15.8 Å². The summed E-state index contributed by atoms with van der Waals surface area (Å²) in [5, 5.41) is 11.9. The van der Waals surface area contributed by atoms with Crippen molar-refractivity contribution in [3.8, 4) is 11.1 Å². The molecular formula is C25H20BrCl2N3O6S. The maximum Gasteiger partial charge on any atom is 0.323 e. The number of rotatable bonds is 5. The fourth-order valence-corrected chi connectivity index (χ4v) is 5.77. The van der Waals surface area contributed by atoms with Gasteiger partial charge in [0.2, 0.25) is 11.8 Å². The Labute approximate surface area is 236 Å². The zero-order valence-electron chi connectivity index (χ0n) is 19.8. The van der Waals surface area contributed by atoms with Gasteiger partial charge in [0, 0.05) is 62.9 Å². The number of carboxylic acid groups (broad SMARTS) is 1. The van der Waals surface area contributed by atoms with Gasteiger partial charge in [-0.15, -0.1) is 0 Å². The van der Waals surface area contributed by atoms with Crippen molar-refractivity contribution in [3.63, 3.8) is 0 Å². The minimum Gasteiger partial charge on any atom is -0.480 e. The van der Waals surface area contributed by atoms with E-state index in [4.69, 9.17) is 23.2 Å². The van der Waals surface area contributed by atoms with E-state index in [1.54, 1.807) is 42.6 Å². The second kappa shape index (κ2) is 11.0. The molecule has 9 nitrogen and oxygen atoms in total. The Hall–Kier alpha value is -2.99. The number of imide groups is 1. The summed E-state index contributed by atoms with van der Waals surface area (Å²) in [6.07, 6.45) is 3.44. The van der Waals surface area contributed by atoms with Crippen LogP contribution in [-0.2, 0) is 36.5 Å². The first kappa shape index (κ1) is 28.0. The van der Waals surface area contributed by atoms with Gasteiger partial charge in [-0.3, -0.25) is 19.4 Å².